The normalized spacial score (nSPS) is 10.3. The Morgan fingerprint density at radius 1 is 0.609 bits per heavy atom. The summed E-state index contributed by atoms with van der Waals surface area (Å²) < 4.78 is 21.1. The lowest BCUT2D eigenvalue weighted by molar-refractivity contribution is 0.354. The minimum absolute atomic E-state index is 0.740. The van der Waals surface area contributed by atoms with E-state index in [1.54, 1.807) is 52.0 Å². The highest BCUT2D eigenvalue weighted by molar-refractivity contribution is 8.16. The van der Waals surface area contributed by atoms with E-state index in [1.165, 1.54) is 0 Å². The molecule has 0 heterocycles. The number of rotatable bonds is 8. The van der Waals surface area contributed by atoms with Gasteiger partial charge in [0.25, 0.3) is 0 Å². The van der Waals surface area contributed by atoms with Gasteiger partial charge in [-0.2, -0.15) is 0 Å². The molecule has 23 heavy (non-hydrogen) atoms. The van der Waals surface area contributed by atoms with E-state index in [0.717, 1.165) is 37.9 Å². The summed E-state index contributed by atoms with van der Waals surface area (Å²) in [6.07, 6.45) is 0. The molecular weight excluding hydrogens is 332 g/mol. The standard InChI is InChI=1S/C17H20O4S2/c1-18-14-7-5-12(9-16(14)20-3)22-11-23-13-6-8-15(19-2)17(10-13)21-4/h5-10H,11H2,1-4H3. The zero-order chi connectivity index (χ0) is 16.7. The third-order valence-corrected chi connectivity index (χ3v) is 5.28. The first-order valence-corrected chi connectivity index (χ1v) is 8.88. The lowest BCUT2D eigenvalue weighted by atomic mass is 10.3. The molecule has 0 N–H and O–H groups in total. The fraction of sp³-hybridized carbons (Fsp3) is 0.294. The van der Waals surface area contributed by atoms with Crippen molar-refractivity contribution in [2.75, 3.05) is 33.5 Å². The van der Waals surface area contributed by atoms with Crippen LogP contribution in [0.25, 0.3) is 0 Å². The minimum atomic E-state index is 0.740. The van der Waals surface area contributed by atoms with Crippen LogP contribution in [0, 0.1) is 0 Å². The maximum Gasteiger partial charge on any atom is 0.161 e. The summed E-state index contributed by atoms with van der Waals surface area (Å²) in [6, 6.07) is 11.9. The Labute approximate surface area is 145 Å². The van der Waals surface area contributed by atoms with Crippen molar-refractivity contribution in [1.29, 1.82) is 0 Å². The molecule has 0 spiro atoms. The quantitative estimate of drug-likeness (QED) is 0.512. The van der Waals surface area contributed by atoms with E-state index in [4.69, 9.17) is 18.9 Å². The molecule has 0 radical (unpaired) electrons. The largest absolute Gasteiger partial charge is 0.493 e. The van der Waals surface area contributed by atoms with Gasteiger partial charge >= 0.3 is 0 Å². The monoisotopic (exact) mass is 352 g/mol. The highest BCUT2D eigenvalue weighted by Gasteiger charge is 2.07. The van der Waals surface area contributed by atoms with E-state index in [9.17, 15) is 0 Å². The molecule has 0 atom stereocenters. The van der Waals surface area contributed by atoms with Crippen molar-refractivity contribution in [2.24, 2.45) is 0 Å². The Morgan fingerprint density at radius 2 is 1.00 bits per heavy atom. The van der Waals surface area contributed by atoms with E-state index in [0.29, 0.717) is 0 Å². The zero-order valence-corrected chi connectivity index (χ0v) is 15.3. The third kappa shape index (κ3) is 4.65. The Balaban J connectivity index is 1.97. The third-order valence-electron chi connectivity index (χ3n) is 3.16. The van der Waals surface area contributed by atoms with Crippen LogP contribution in [-0.4, -0.2) is 33.5 Å². The summed E-state index contributed by atoms with van der Waals surface area (Å²) >= 11 is 3.49. The lowest BCUT2D eigenvalue weighted by Gasteiger charge is -2.10. The number of benzene rings is 2. The molecule has 0 aliphatic carbocycles. The molecule has 0 fully saturated rings. The van der Waals surface area contributed by atoms with Gasteiger partial charge in [-0.05, 0) is 36.4 Å². The van der Waals surface area contributed by atoms with E-state index >= 15 is 0 Å². The zero-order valence-electron chi connectivity index (χ0n) is 13.6. The number of hydrogen-bond donors (Lipinski definition) is 0. The Kier molecular flexibility index (Phi) is 6.80. The Morgan fingerprint density at radius 3 is 1.35 bits per heavy atom. The van der Waals surface area contributed by atoms with Gasteiger partial charge in [0.15, 0.2) is 23.0 Å². The first-order chi connectivity index (χ1) is 11.2. The second-order valence-electron chi connectivity index (χ2n) is 4.44. The van der Waals surface area contributed by atoms with Crippen LogP contribution in [0.4, 0.5) is 0 Å². The summed E-state index contributed by atoms with van der Waals surface area (Å²) in [5, 5.41) is 0.880. The molecule has 2 rings (SSSR count). The smallest absolute Gasteiger partial charge is 0.161 e. The first kappa shape index (κ1) is 17.7. The van der Waals surface area contributed by atoms with Crippen molar-refractivity contribution in [3.63, 3.8) is 0 Å². The first-order valence-electron chi connectivity index (χ1n) is 6.91. The van der Waals surface area contributed by atoms with Crippen molar-refractivity contribution in [1.82, 2.24) is 0 Å². The van der Waals surface area contributed by atoms with Gasteiger partial charge in [0, 0.05) is 14.9 Å². The maximum absolute atomic E-state index is 5.32. The second-order valence-corrected chi connectivity index (χ2v) is 6.90. The van der Waals surface area contributed by atoms with Crippen molar-refractivity contribution >= 4 is 23.5 Å². The van der Waals surface area contributed by atoms with Gasteiger partial charge in [0.05, 0.1) is 28.4 Å². The molecule has 0 aliphatic rings. The molecule has 2 aromatic rings. The number of hydrogen-bond acceptors (Lipinski definition) is 6. The highest BCUT2D eigenvalue weighted by Crippen LogP contribution is 2.36. The molecule has 0 aliphatic heterocycles. The molecule has 0 saturated carbocycles. The van der Waals surface area contributed by atoms with Crippen molar-refractivity contribution < 1.29 is 18.9 Å². The van der Waals surface area contributed by atoms with Crippen molar-refractivity contribution in [3.05, 3.63) is 36.4 Å². The fourth-order valence-electron chi connectivity index (χ4n) is 1.98. The van der Waals surface area contributed by atoms with E-state index < -0.39 is 0 Å². The second kappa shape index (κ2) is 8.84. The molecule has 2 aromatic carbocycles. The molecule has 124 valence electrons. The van der Waals surface area contributed by atoms with Gasteiger partial charge in [0.1, 0.15) is 0 Å². The van der Waals surface area contributed by atoms with E-state index in [2.05, 4.69) is 0 Å². The summed E-state index contributed by atoms with van der Waals surface area (Å²) in [5.41, 5.74) is 0. The molecule has 6 heteroatoms. The van der Waals surface area contributed by atoms with Gasteiger partial charge in [-0.1, -0.05) is 0 Å². The van der Waals surface area contributed by atoms with Crippen LogP contribution >= 0.6 is 23.5 Å². The van der Waals surface area contributed by atoms with Crippen LogP contribution in [0.2, 0.25) is 0 Å². The number of methoxy groups -OCH3 is 4. The average Bonchev–Trinajstić information content (AvgIpc) is 2.61. The predicted octanol–water partition coefficient (Wildman–Crippen LogP) is 4.56. The van der Waals surface area contributed by atoms with Crippen LogP contribution in [0.3, 0.4) is 0 Å². The molecule has 0 bridgehead atoms. The van der Waals surface area contributed by atoms with E-state index in [1.807, 2.05) is 36.4 Å². The fourth-order valence-corrected chi connectivity index (χ4v) is 4.01. The van der Waals surface area contributed by atoms with Crippen LogP contribution in [-0.2, 0) is 0 Å². The summed E-state index contributed by atoms with van der Waals surface area (Å²) in [4.78, 5) is 2.27. The van der Waals surface area contributed by atoms with Crippen molar-refractivity contribution in [2.45, 2.75) is 9.79 Å². The van der Waals surface area contributed by atoms with Gasteiger partial charge < -0.3 is 18.9 Å². The van der Waals surface area contributed by atoms with Gasteiger partial charge in [-0.25, -0.2) is 0 Å². The molecular formula is C17H20O4S2. The Bertz CT molecular complexity index is 591. The summed E-state index contributed by atoms with van der Waals surface area (Å²) in [6.45, 7) is 0. The average molecular weight is 352 g/mol. The van der Waals surface area contributed by atoms with Crippen molar-refractivity contribution in [3.8, 4) is 23.0 Å². The van der Waals surface area contributed by atoms with Crippen LogP contribution in [0.1, 0.15) is 0 Å². The van der Waals surface area contributed by atoms with Crippen LogP contribution < -0.4 is 18.9 Å². The lowest BCUT2D eigenvalue weighted by Crippen LogP contribution is -1.91. The number of ether oxygens (including phenoxy) is 4. The summed E-state index contributed by atoms with van der Waals surface area (Å²) in [7, 11) is 6.56. The Hall–Kier alpha value is -1.66. The topological polar surface area (TPSA) is 36.9 Å². The number of thioether (sulfide) groups is 2. The molecule has 4 nitrogen and oxygen atoms in total. The van der Waals surface area contributed by atoms with Gasteiger partial charge in [0.2, 0.25) is 0 Å². The highest BCUT2D eigenvalue weighted by atomic mass is 32.2. The minimum Gasteiger partial charge on any atom is -0.493 e. The molecule has 0 unspecified atom stereocenters. The van der Waals surface area contributed by atoms with Gasteiger partial charge in [-0.3, -0.25) is 0 Å². The molecule has 0 saturated heterocycles. The van der Waals surface area contributed by atoms with Crippen LogP contribution in [0.15, 0.2) is 46.2 Å². The van der Waals surface area contributed by atoms with Crippen LogP contribution in [0.5, 0.6) is 23.0 Å². The SMILES string of the molecule is COc1ccc(SCSc2ccc(OC)c(OC)c2)cc1OC. The molecule has 0 aromatic heterocycles. The van der Waals surface area contributed by atoms with E-state index in [-0.39, 0.29) is 0 Å². The van der Waals surface area contributed by atoms with Gasteiger partial charge in [-0.15, -0.1) is 23.5 Å². The molecule has 0 amide bonds. The predicted molar refractivity (Wildman–Crippen MR) is 95.7 cm³/mol. The maximum atomic E-state index is 5.32. The summed E-state index contributed by atoms with van der Waals surface area (Å²) in [5.74, 6) is 2.97.